The van der Waals surface area contributed by atoms with Crippen LogP contribution in [0.2, 0.25) is 0 Å². The molecule has 2 atom stereocenters. The van der Waals surface area contributed by atoms with Gasteiger partial charge in [0.15, 0.2) is 5.78 Å². The minimum absolute atomic E-state index is 0.0252. The molecule has 0 spiro atoms. The van der Waals surface area contributed by atoms with Crippen LogP contribution in [0.1, 0.15) is 59.3 Å². The lowest BCUT2D eigenvalue weighted by atomic mass is 10.0. The van der Waals surface area contributed by atoms with Crippen LogP contribution in [0.5, 0.6) is 0 Å². The zero-order valence-corrected chi connectivity index (χ0v) is 16.3. The van der Waals surface area contributed by atoms with Crippen molar-refractivity contribution in [1.29, 1.82) is 0 Å². The number of rotatable bonds is 12. The number of Topliss-reactive ketones (excluding diaryl/α,β-unsaturated/α-hetero) is 2. The lowest BCUT2D eigenvalue weighted by Gasteiger charge is -2.16. The molecule has 0 aromatic rings. The van der Waals surface area contributed by atoms with Crippen molar-refractivity contribution in [3.05, 3.63) is 0 Å². The number of carbonyl (C=O) groups excluding carboxylic acids is 4. The molecule has 1 aliphatic heterocycles. The maximum atomic E-state index is 12.4. The minimum atomic E-state index is -0.599. The Morgan fingerprint density at radius 3 is 2.52 bits per heavy atom. The number of unbranched alkanes of at least 4 members (excludes halogenated alkanes) is 2. The van der Waals surface area contributed by atoms with Crippen LogP contribution in [0, 0.1) is 5.92 Å². The van der Waals surface area contributed by atoms with Crippen LogP contribution in [0.15, 0.2) is 0 Å². The largest absolute Gasteiger partial charge is 0.321 e. The number of likely N-dealkylation sites (tertiary alicyclic amines) is 1. The Morgan fingerprint density at radius 2 is 1.92 bits per heavy atom. The first kappa shape index (κ1) is 21.8. The van der Waals surface area contributed by atoms with Gasteiger partial charge in [0, 0.05) is 37.5 Å². The third-order valence-electron chi connectivity index (χ3n) is 4.35. The predicted octanol–water partition coefficient (Wildman–Crippen LogP) is 1.94. The van der Waals surface area contributed by atoms with E-state index in [4.69, 9.17) is 5.73 Å². The van der Waals surface area contributed by atoms with E-state index in [1.165, 1.54) is 16.7 Å². The molecule has 25 heavy (non-hydrogen) atoms. The van der Waals surface area contributed by atoms with Gasteiger partial charge < -0.3 is 5.73 Å². The third-order valence-corrected chi connectivity index (χ3v) is 5.67. The summed E-state index contributed by atoms with van der Waals surface area (Å²) in [5.41, 5.74) is 5.85. The number of thioether (sulfide) groups is 1. The van der Waals surface area contributed by atoms with Gasteiger partial charge in [-0.05, 0) is 12.8 Å². The average Bonchev–Trinajstić information content (AvgIpc) is 2.85. The number of ketones is 2. The van der Waals surface area contributed by atoms with Crippen LogP contribution in [0.3, 0.4) is 0 Å². The van der Waals surface area contributed by atoms with Gasteiger partial charge >= 0.3 is 0 Å². The molecule has 1 fully saturated rings. The highest BCUT2D eigenvalue weighted by Gasteiger charge is 2.38. The van der Waals surface area contributed by atoms with E-state index in [9.17, 15) is 19.2 Å². The average molecular weight is 371 g/mol. The number of hydrogen-bond donors (Lipinski definition) is 1. The van der Waals surface area contributed by atoms with Gasteiger partial charge in [0.1, 0.15) is 5.78 Å². The van der Waals surface area contributed by atoms with E-state index in [-0.39, 0.29) is 35.7 Å². The van der Waals surface area contributed by atoms with Crippen molar-refractivity contribution >= 4 is 35.1 Å². The summed E-state index contributed by atoms with van der Waals surface area (Å²) < 4.78 is 0. The molecule has 0 aromatic carbocycles. The Bertz CT molecular complexity index is 507. The molecule has 0 aliphatic carbocycles. The van der Waals surface area contributed by atoms with Crippen LogP contribution >= 0.6 is 11.8 Å². The van der Waals surface area contributed by atoms with Crippen LogP contribution in [0.4, 0.5) is 0 Å². The van der Waals surface area contributed by atoms with Gasteiger partial charge in [-0.2, -0.15) is 0 Å². The Kier molecular flexibility index (Phi) is 9.35. The summed E-state index contributed by atoms with van der Waals surface area (Å²) in [7, 11) is 0. The summed E-state index contributed by atoms with van der Waals surface area (Å²) in [5, 5.41) is -0.430. The van der Waals surface area contributed by atoms with Crippen LogP contribution < -0.4 is 5.73 Å². The summed E-state index contributed by atoms with van der Waals surface area (Å²) in [6.45, 7) is 5.86. The van der Waals surface area contributed by atoms with Gasteiger partial charge in [-0.1, -0.05) is 27.2 Å². The van der Waals surface area contributed by atoms with Crippen molar-refractivity contribution in [2.75, 3.05) is 12.3 Å². The number of nitrogens with two attached hydrogens (primary N) is 1. The third kappa shape index (κ3) is 6.90. The first-order valence-electron chi connectivity index (χ1n) is 9.04. The standard InChI is InChI=1S/C18H30N2O4S/c1-4-13(21)8-6-5-7-9-20-16(22)10-15(18(20)24)25-11-14(19)17(23)12(2)3/h12,14-15H,4-11,19H2,1-3H3. The van der Waals surface area contributed by atoms with E-state index in [2.05, 4.69) is 0 Å². The Morgan fingerprint density at radius 1 is 1.24 bits per heavy atom. The maximum Gasteiger partial charge on any atom is 0.242 e. The van der Waals surface area contributed by atoms with Gasteiger partial charge in [0.2, 0.25) is 11.8 Å². The van der Waals surface area contributed by atoms with Gasteiger partial charge in [-0.3, -0.25) is 24.1 Å². The summed E-state index contributed by atoms with van der Waals surface area (Å²) in [5.74, 6) is 0.111. The summed E-state index contributed by atoms with van der Waals surface area (Å²) in [6, 6.07) is -0.599. The molecular formula is C18H30N2O4S. The van der Waals surface area contributed by atoms with E-state index < -0.39 is 11.3 Å². The number of nitrogens with zero attached hydrogens (tertiary/aromatic N) is 1. The van der Waals surface area contributed by atoms with Gasteiger partial charge in [0.25, 0.3) is 0 Å². The molecule has 0 aromatic heterocycles. The normalized spacial score (nSPS) is 18.9. The Labute approximate surface area is 154 Å². The maximum absolute atomic E-state index is 12.4. The summed E-state index contributed by atoms with van der Waals surface area (Å²) in [4.78, 5) is 48.8. The smallest absolute Gasteiger partial charge is 0.242 e. The molecule has 1 rings (SSSR count). The van der Waals surface area contributed by atoms with Crippen LogP contribution in [0.25, 0.3) is 0 Å². The van der Waals surface area contributed by atoms with E-state index in [1.54, 1.807) is 13.8 Å². The van der Waals surface area contributed by atoms with Crippen LogP contribution in [-0.4, -0.2) is 51.9 Å². The van der Waals surface area contributed by atoms with Crippen molar-refractivity contribution in [1.82, 2.24) is 4.90 Å². The number of imide groups is 1. The highest BCUT2D eigenvalue weighted by atomic mass is 32.2. The molecule has 2 amide bonds. The van der Waals surface area contributed by atoms with E-state index in [0.29, 0.717) is 25.1 Å². The molecule has 2 unspecified atom stereocenters. The molecule has 0 radical (unpaired) electrons. The van der Waals surface area contributed by atoms with Gasteiger partial charge in [-0.15, -0.1) is 11.8 Å². The van der Waals surface area contributed by atoms with Crippen molar-refractivity contribution in [2.24, 2.45) is 11.7 Å². The van der Waals surface area contributed by atoms with Crippen LogP contribution in [-0.2, 0) is 19.2 Å². The topological polar surface area (TPSA) is 97.5 Å². The molecule has 7 heteroatoms. The van der Waals surface area contributed by atoms with Gasteiger partial charge in [-0.25, -0.2) is 0 Å². The zero-order valence-electron chi connectivity index (χ0n) is 15.5. The predicted molar refractivity (Wildman–Crippen MR) is 99.2 cm³/mol. The number of amides is 2. The molecule has 1 saturated heterocycles. The summed E-state index contributed by atoms with van der Waals surface area (Å²) in [6.07, 6.45) is 3.65. The fourth-order valence-corrected chi connectivity index (χ4v) is 3.83. The molecule has 142 valence electrons. The molecule has 2 N–H and O–H groups in total. The zero-order chi connectivity index (χ0) is 19.0. The van der Waals surface area contributed by atoms with E-state index in [1.807, 2.05) is 6.92 Å². The second-order valence-electron chi connectivity index (χ2n) is 6.78. The molecule has 0 saturated carbocycles. The quantitative estimate of drug-likeness (QED) is 0.416. The summed E-state index contributed by atoms with van der Waals surface area (Å²) >= 11 is 1.30. The lowest BCUT2D eigenvalue weighted by molar-refractivity contribution is -0.138. The molecule has 1 heterocycles. The fourth-order valence-electron chi connectivity index (χ4n) is 2.69. The molecular weight excluding hydrogens is 340 g/mol. The van der Waals surface area contributed by atoms with Gasteiger partial charge in [0.05, 0.1) is 11.3 Å². The highest BCUT2D eigenvalue weighted by Crippen LogP contribution is 2.26. The second-order valence-corrected chi connectivity index (χ2v) is 8.01. The second kappa shape index (κ2) is 10.7. The SMILES string of the molecule is CCC(=O)CCCCCN1C(=O)CC(SCC(N)C(=O)C(C)C)C1=O. The molecule has 6 nitrogen and oxygen atoms in total. The number of hydrogen-bond acceptors (Lipinski definition) is 6. The molecule has 0 bridgehead atoms. The first-order valence-corrected chi connectivity index (χ1v) is 10.1. The lowest BCUT2D eigenvalue weighted by Crippen LogP contribution is -2.37. The number of carbonyl (C=O) groups is 4. The van der Waals surface area contributed by atoms with Crippen molar-refractivity contribution < 1.29 is 19.2 Å². The van der Waals surface area contributed by atoms with Crippen molar-refractivity contribution in [3.8, 4) is 0 Å². The van der Waals surface area contributed by atoms with Crippen molar-refractivity contribution in [3.63, 3.8) is 0 Å². The van der Waals surface area contributed by atoms with E-state index in [0.717, 1.165) is 19.3 Å². The first-order chi connectivity index (χ1) is 11.8. The minimum Gasteiger partial charge on any atom is -0.321 e. The molecule has 1 aliphatic rings. The van der Waals surface area contributed by atoms with E-state index >= 15 is 0 Å². The monoisotopic (exact) mass is 370 g/mol. The Hall–Kier alpha value is -1.21. The van der Waals surface area contributed by atoms with Crippen molar-refractivity contribution in [2.45, 2.75) is 70.6 Å². The fraction of sp³-hybridized carbons (Fsp3) is 0.778. The Balaban J connectivity index is 2.35. The highest BCUT2D eigenvalue weighted by molar-refractivity contribution is 8.00.